The number of hydrogen-bond acceptors (Lipinski definition) is 10. The molecule has 0 bridgehead atoms. The number of piperazine rings is 1. The third-order valence-electron chi connectivity index (χ3n) is 11.7. The van der Waals surface area contributed by atoms with Gasteiger partial charge in [0.2, 0.25) is 5.91 Å². The summed E-state index contributed by atoms with van der Waals surface area (Å²) in [5.74, 6) is 6.35. The number of ether oxygens (including phenoxy) is 4. The minimum atomic E-state index is -0.361. The number of aryl methyl sites for hydroxylation is 2. The van der Waals surface area contributed by atoms with Crippen molar-refractivity contribution in [2.24, 2.45) is 0 Å². The van der Waals surface area contributed by atoms with Gasteiger partial charge in [0.25, 0.3) is 17.7 Å². The van der Waals surface area contributed by atoms with Crippen LogP contribution in [0.15, 0.2) is 91.0 Å². The van der Waals surface area contributed by atoms with E-state index in [1.807, 2.05) is 74.5 Å². The number of methoxy groups -OCH3 is 3. The van der Waals surface area contributed by atoms with Crippen LogP contribution in [0.5, 0.6) is 23.0 Å². The molecule has 4 aromatic rings. The van der Waals surface area contributed by atoms with Gasteiger partial charge in [0.1, 0.15) is 6.61 Å². The Labute approximate surface area is 395 Å². The van der Waals surface area contributed by atoms with Gasteiger partial charge in [-0.25, -0.2) is 0 Å². The van der Waals surface area contributed by atoms with Crippen molar-refractivity contribution in [1.29, 1.82) is 0 Å². The minimum Gasteiger partial charge on any atom is -0.493 e. The summed E-state index contributed by atoms with van der Waals surface area (Å²) >= 11 is 0. The summed E-state index contributed by atoms with van der Waals surface area (Å²) in [6.45, 7) is 13.4. The summed E-state index contributed by atoms with van der Waals surface area (Å²) in [5, 5.41) is 12.0. The molecule has 14 nitrogen and oxygen atoms in total. The Morgan fingerprint density at radius 1 is 0.687 bits per heavy atom. The molecule has 1 saturated heterocycles. The summed E-state index contributed by atoms with van der Waals surface area (Å²) < 4.78 is 22.4. The highest BCUT2D eigenvalue weighted by Crippen LogP contribution is 2.32. The van der Waals surface area contributed by atoms with Crippen molar-refractivity contribution in [1.82, 2.24) is 26.2 Å². The Morgan fingerprint density at radius 2 is 1.27 bits per heavy atom. The largest absolute Gasteiger partial charge is 0.493 e. The van der Waals surface area contributed by atoms with Crippen LogP contribution in [0.2, 0.25) is 0 Å². The summed E-state index contributed by atoms with van der Waals surface area (Å²) in [5.41, 5.74) is 5.71. The number of carbonyl (C=O) groups is 4. The molecule has 67 heavy (non-hydrogen) atoms. The monoisotopic (exact) mass is 914 g/mol. The second-order valence-electron chi connectivity index (χ2n) is 16.2. The van der Waals surface area contributed by atoms with E-state index >= 15 is 0 Å². The summed E-state index contributed by atoms with van der Waals surface area (Å²) in [6, 6.07) is 24.0. The van der Waals surface area contributed by atoms with Crippen molar-refractivity contribution < 1.29 is 38.1 Å². The maximum absolute atomic E-state index is 14.0. The van der Waals surface area contributed by atoms with E-state index in [2.05, 4.69) is 55.9 Å². The molecule has 1 heterocycles. The van der Waals surface area contributed by atoms with E-state index in [4.69, 9.17) is 18.9 Å². The van der Waals surface area contributed by atoms with Gasteiger partial charge < -0.3 is 50.0 Å². The predicted molar refractivity (Wildman–Crippen MR) is 262 cm³/mol. The fourth-order valence-corrected chi connectivity index (χ4v) is 7.86. The Kier molecular flexibility index (Phi) is 20.0. The molecule has 4 N–H and O–H groups in total. The molecule has 2 atom stereocenters. The molecule has 0 aliphatic carbocycles. The lowest BCUT2D eigenvalue weighted by atomic mass is 9.99. The Morgan fingerprint density at radius 3 is 1.90 bits per heavy atom. The van der Waals surface area contributed by atoms with Crippen LogP contribution in [0.4, 0.5) is 5.69 Å². The van der Waals surface area contributed by atoms with Crippen LogP contribution in [0.25, 0.3) is 0 Å². The molecule has 14 heteroatoms. The maximum atomic E-state index is 14.0. The van der Waals surface area contributed by atoms with Crippen molar-refractivity contribution in [3.05, 3.63) is 124 Å². The van der Waals surface area contributed by atoms with Crippen LogP contribution in [0.1, 0.15) is 95.6 Å². The molecule has 4 amide bonds. The Balaban J connectivity index is 1.10. The van der Waals surface area contributed by atoms with Gasteiger partial charge in [-0.05, 0) is 130 Å². The fourth-order valence-electron chi connectivity index (χ4n) is 7.86. The number of anilines is 1. The third kappa shape index (κ3) is 15.0. The van der Waals surface area contributed by atoms with E-state index < -0.39 is 0 Å². The first-order valence-corrected chi connectivity index (χ1v) is 23.0. The molecular formula is C53H66N6O8. The lowest BCUT2D eigenvalue weighted by Gasteiger charge is -2.35. The van der Waals surface area contributed by atoms with Crippen molar-refractivity contribution >= 4 is 29.3 Å². The van der Waals surface area contributed by atoms with Crippen molar-refractivity contribution in [3.8, 4) is 34.8 Å². The van der Waals surface area contributed by atoms with E-state index in [-0.39, 0.29) is 42.3 Å². The predicted octanol–water partition coefficient (Wildman–Crippen LogP) is 6.59. The zero-order chi connectivity index (χ0) is 48.1. The molecule has 0 saturated carbocycles. The highest BCUT2D eigenvalue weighted by Gasteiger charge is 2.22. The van der Waals surface area contributed by atoms with Gasteiger partial charge in [0, 0.05) is 62.2 Å². The standard InChI is InChI=1S/C53H66N6O8/c1-8-15-50(60)54-27-13-18-40-21-24-43(59-31-29-58(9-2)30-32-59)36-45(40)53(63)57-38(4)42-23-26-47(49(35-42)66-7)67-33-14-20-51(61)55-28-12-17-39-16-10-11-19-44(39)52(62)56-37(3)41-22-25-46(64-5)48(34-41)65-6/h10-11,14,16,19-26,34-38H,9,12-13,17-18,27-33H2,1-7H3,(H,54,60)(H,55,61)(H,56,62)(H,57,63)/b20-14+/t37-,38?/m1/s1. The number of benzene rings is 4. The SMILES string of the molecule is CC#CC(=O)NCCCc1ccc(N2CCN(CC)CC2)cc1C(=O)NC(C)c1ccc(OC/C=C/C(=O)NCCCc2ccccc2C(=O)N[C@H](C)c2ccc(OC)c(OC)c2)c(OC)c1. The first-order valence-electron chi connectivity index (χ1n) is 23.0. The number of nitrogens with one attached hydrogen (secondary N) is 4. The van der Waals surface area contributed by atoms with Crippen LogP contribution >= 0.6 is 0 Å². The first kappa shape index (κ1) is 51.0. The second kappa shape index (κ2) is 26.2. The van der Waals surface area contributed by atoms with Gasteiger partial charge in [-0.15, -0.1) is 0 Å². The van der Waals surface area contributed by atoms with E-state index in [1.54, 1.807) is 46.5 Å². The van der Waals surface area contributed by atoms with Crippen LogP contribution in [-0.4, -0.2) is 102 Å². The molecule has 0 aromatic heterocycles. The summed E-state index contributed by atoms with van der Waals surface area (Å²) in [6.07, 6.45) is 5.56. The lowest BCUT2D eigenvalue weighted by Crippen LogP contribution is -2.46. The van der Waals surface area contributed by atoms with E-state index in [1.165, 1.54) is 6.08 Å². The Bertz CT molecular complexity index is 2400. The van der Waals surface area contributed by atoms with Gasteiger partial charge >= 0.3 is 0 Å². The van der Waals surface area contributed by atoms with Gasteiger partial charge in [-0.2, -0.15) is 0 Å². The summed E-state index contributed by atoms with van der Waals surface area (Å²) in [7, 11) is 4.71. The molecule has 1 aliphatic heterocycles. The molecule has 5 rings (SSSR count). The summed E-state index contributed by atoms with van der Waals surface area (Å²) in [4.78, 5) is 56.6. The molecule has 0 spiro atoms. The topological polar surface area (TPSA) is 160 Å². The molecule has 1 unspecified atom stereocenters. The van der Waals surface area contributed by atoms with E-state index in [0.29, 0.717) is 72.9 Å². The van der Waals surface area contributed by atoms with E-state index in [9.17, 15) is 19.2 Å². The van der Waals surface area contributed by atoms with Crippen molar-refractivity contribution in [2.45, 2.75) is 65.5 Å². The Hall–Kier alpha value is -6.98. The van der Waals surface area contributed by atoms with Gasteiger partial charge in [-0.3, -0.25) is 19.2 Å². The highest BCUT2D eigenvalue weighted by molar-refractivity contribution is 5.97. The van der Waals surface area contributed by atoms with Crippen LogP contribution < -0.4 is 45.1 Å². The molecular weight excluding hydrogens is 849 g/mol. The number of amides is 4. The fraction of sp³-hybridized carbons (Fsp3) is 0.396. The third-order valence-corrected chi connectivity index (χ3v) is 11.7. The van der Waals surface area contributed by atoms with Crippen molar-refractivity contribution in [3.63, 3.8) is 0 Å². The van der Waals surface area contributed by atoms with Crippen LogP contribution in [-0.2, 0) is 22.4 Å². The average molecular weight is 915 g/mol. The molecule has 356 valence electrons. The highest BCUT2D eigenvalue weighted by atomic mass is 16.5. The average Bonchev–Trinajstić information content (AvgIpc) is 3.35. The van der Waals surface area contributed by atoms with E-state index in [0.717, 1.165) is 60.7 Å². The molecule has 0 radical (unpaired) electrons. The van der Waals surface area contributed by atoms with Gasteiger partial charge in [-0.1, -0.05) is 49.2 Å². The second-order valence-corrected chi connectivity index (χ2v) is 16.2. The zero-order valence-electron chi connectivity index (χ0n) is 40.0. The number of nitrogens with zero attached hydrogens (tertiary/aromatic N) is 2. The van der Waals surface area contributed by atoms with Gasteiger partial charge in [0.15, 0.2) is 23.0 Å². The van der Waals surface area contributed by atoms with Gasteiger partial charge in [0.05, 0.1) is 33.4 Å². The quantitative estimate of drug-likeness (QED) is 0.0363. The molecule has 4 aromatic carbocycles. The number of hydrogen-bond donors (Lipinski definition) is 4. The molecule has 1 aliphatic rings. The van der Waals surface area contributed by atoms with Crippen LogP contribution in [0.3, 0.4) is 0 Å². The number of carbonyl (C=O) groups excluding carboxylic acids is 4. The smallest absolute Gasteiger partial charge is 0.295 e. The van der Waals surface area contributed by atoms with Crippen LogP contribution in [0, 0.1) is 11.8 Å². The number of likely N-dealkylation sites (N-methyl/N-ethyl adjacent to an activating group) is 1. The lowest BCUT2D eigenvalue weighted by molar-refractivity contribution is -0.117. The molecule has 1 fully saturated rings. The minimum absolute atomic E-state index is 0.127. The first-order chi connectivity index (χ1) is 32.5. The maximum Gasteiger partial charge on any atom is 0.295 e. The normalized spacial score (nSPS) is 13.4. The zero-order valence-corrected chi connectivity index (χ0v) is 40.0. The van der Waals surface area contributed by atoms with Crippen molar-refractivity contribution in [2.75, 3.05) is 78.6 Å². The number of rotatable bonds is 23.